The fourth-order valence-electron chi connectivity index (χ4n) is 4.59. The van der Waals surface area contributed by atoms with Crippen molar-refractivity contribution in [1.29, 1.82) is 0 Å². The van der Waals surface area contributed by atoms with E-state index in [4.69, 9.17) is 9.26 Å². The van der Waals surface area contributed by atoms with Crippen molar-refractivity contribution in [3.05, 3.63) is 17.5 Å². The normalized spacial score (nSPS) is 25.6. The Hall–Kier alpha value is -2.09. The maximum atomic E-state index is 12.6. The van der Waals surface area contributed by atoms with Crippen molar-refractivity contribution in [1.82, 2.24) is 20.3 Å². The SMILES string of the molecule is CC1CN(CC2CCN(C(=O)OC(C)(C)C)CC2)CC1NC(=O)c1cc(C2CC2)on1. The Morgan fingerprint density at radius 2 is 1.90 bits per heavy atom. The Bertz CT molecular complexity index is 790. The highest BCUT2D eigenvalue weighted by Gasteiger charge is 2.35. The van der Waals surface area contributed by atoms with Crippen LogP contribution < -0.4 is 5.32 Å². The molecule has 172 valence electrons. The molecule has 0 aromatic carbocycles. The molecule has 2 amide bonds. The number of nitrogens with one attached hydrogen (secondary N) is 1. The van der Waals surface area contributed by atoms with E-state index in [-0.39, 0.29) is 18.0 Å². The molecule has 2 saturated heterocycles. The van der Waals surface area contributed by atoms with Crippen LogP contribution >= 0.6 is 0 Å². The summed E-state index contributed by atoms with van der Waals surface area (Å²) in [4.78, 5) is 29.1. The van der Waals surface area contributed by atoms with Crippen LogP contribution in [0, 0.1) is 11.8 Å². The van der Waals surface area contributed by atoms with Gasteiger partial charge in [-0.25, -0.2) is 4.79 Å². The van der Waals surface area contributed by atoms with Gasteiger partial charge in [-0.3, -0.25) is 4.79 Å². The molecule has 4 rings (SSSR count). The quantitative estimate of drug-likeness (QED) is 0.768. The summed E-state index contributed by atoms with van der Waals surface area (Å²) in [6.45, 7) is 12.2. The molecule has 0 spiro atoms. The highest BCUT2D eigenvalue weighted by atomic mass is 16.6. The molecule has 0 bridgehead atoms. The Morgan fingerprint density at radius 3 is 2.55 bits per heavy atom. The summed E-state index contributed by atoms with van der Waals surface area (Å²) in [6.07, 6.45) is 4.03. The van der Waals surface area contributed by atoms with Gasteiger partial charge in [-0.15, -0.1) is 0 Å². The monoisotopic (exact) mass is 432 g/mol. The highest BCUT2D eigenvalue weighted by molar-refractivity contribution is 5.92. The number of amides is 2. The van der Waals surface area contributed by atoms with Gasteiger partial charge in [0.1, 0.15) is 11.4 Å². The third kappa shape index (κ3) is 5.79. The van der Waals surface area contributed by atoms with E-state index in [2.05, 4.69) is 22.3 Å². The second kappa shape index (κ2) is 8.81. The minimum absolute atomic E-state index is 0.121. The molecule has 1 N–H and O–H groups in total. The first-order valence-electron chi connectivity index (χ1n) is 11.7. The molecule has 31 heavy (non-hydrogen) atoms. The van der Waals surface area contributed by atoms with Gasteiger partial charge in [-0.1, -0.05) is 12.1 Å². The molecule has 2 atom stereocenters. The highest BCUT2D eigenvalue weighted by Crippen LogP contribution is 2.40. The van der Waals surface area contributed by atoms with Crippen LogP contribution in [0.3, 0.4) is 0 Å². The topological polar surface area (TPSA) is 87.9 Å². The van der Waals surface area contributed by atoms with Gasteiger partial charge in [-0.2, -0.15) is 0 Å². The van der Waals surface area contributed by atoms with Crippen molar-refractivity contribution in [2.24, 2.45) is 11.8 Å². The van der Waals surface area contributed by atoms with E-state index in [1.165, 1.54) is 0 Å². The summed E-state index contributed by atoms with van der Waals surface area (Å²) in [5, 5.41) is 7.11. The maximum Gasteiger partial charge on any atom is 0.410 e. The molecule has 3 heterocycles. The van der Waals surface area contributed by atoms with E-state index in [1.54, 1.807) is 6.07 Å². The van der Waals surface area contributed by atoms with Crippen molar-refractivity contribution in [3.8, 4) is 0 Å². The van der Waals surface area contributed by atoms with Crippen LogP contribution in [0.1, 0.15) is 75.5 Å². The molecule has 1 aromatic rings. The van der Waals surface area contributed by atoms with Gasteiger partial charge in [0.15, 0.2) is 5.69 Å². The summed E-state index contributed by atoms with van der Waals surface area (Å²) in [7, 11) is 0. The van der Waals surface area contributed by atoms with E-state index in [0.29, 0.717) is 23.4 Å². The predicted molar refractivity (Wildman–Crippen MR) is 116 cm³/mol. The third-order valence-electron chi connectivity index (χ3n) is 6.53. The van der Waals surface area contributed by atoms with Crippen LogP contribution in [-0.4, -0.2) is 71.3 Å². The van der Waals surface area contributed by atoms with Crippen molar-refractivity contribution in [3.63, 3.8) is 0 Å². The van der Waals surface area contributed by atoms with Crippen LogP contribution in [0.15, 0.2) is 10.6 Å². The molecule has 8 heteroatoms. The van der Waals surface area contributed by atoms with Crippen LogP contribution in [0.2, 0.25) is 0 Å². The van der Waals surface area contributed by atoms with Gasteiger partial charge in [-0.05, 0) is 58.3 Å². The number of piperidine rings is 1. The van der Waals surface area contributed by atoms with Gasteiger partial charge in [0.05, 0.1) is 0 Å². The van der Waals surface area contributed by atoms with Crippen molar-refractivity contribution in [2.75, 3.05) is 32.7 Å². The van der Waals surface area contributed by atoms with E-state index in [9.17, 15) is 9.59 Å². The third-order valence-corrected chi connectivity index (χ3v) is 6.53. The lowest BCUT2D eigenvalue weighted by Gasteiger charge is -2.34. The molecule has 1 saturated carbocycles. The number of aromatic nitrogens is 1. The summed E-state index contributed by atoms with van der Waals surface area (Å²) >= 11 is 0. The van der Waals surface area contributed by atoms with Crippen LogP contribution in [0.25, 0.3) is 0 Å². The van der Waals surface area contributed by atoms with Gasteiger partial charge in [0.25, 0.3) is 5.91 Å². The molecule has 8 nitrogen and oxygen atoms in total. The maximum absolute atomic E-state index is 12.6. The lowest BCUT2D eigenvalue weighted by atomic mass is 9.96. The number of likely N-dealkylation sites (tertiary alicyclic amines) is 2. The van der Waals surface area contributed by atoms with Crippen LogP contribution in [-0.2, 0) is 4.74 Å². The van der Waals surface area contributed by atoms with E-state index >= 15 is 0 Å². The van der Waals surface area contributed by atoms with Crippen LogP contribution in [0.5, 0.6) is 0 Å². The second-order valence-corrected chi connectivity index (χ2v) is 10.6. The van der Waals surface area contributed by atoms with Crippen molar-refractivity contribution < 1.29 is 18.8 Å². The lowest BCUT2D eigenvalue weighted by Crippen LogP contribution is -2.44. The number of nitrogens with zero attached hydrogens (tertiary/aromatic N) is 3. The minimum Gasteiger partial charge on any atom is -0.444 e. The molecular formula is C23H36N4O4. The molecule has 1 aromatic heterocycles. The Kier molecular flexibility index (Phi) is 6.28. The van der Waals surface area contributed by atoms with E-state index in [1.807, 2.05) is 25.7 Å². The molecule has 2 aliphatic heterocycles. The zero-order valence-corrected chi connectivity index (χ0v) is 19.2. The zero-order valence-electron chi connectivity index (χ0n) is 19.2. The number of hydrogen-bond acceptors (Lipinski definition) is 6. The first kappa shape index (κ1) is 22.1. The van der Waals surface area contributed by atoms with Gasteiger partial charge >= 0.3 is 6.09 Å². The predicted octanol–water partition coefficient (Wildman–Crippen LogP) is 3.25. The Balaban J connectivity index is 1.21. The zero-order chi connectivity index (χ0) is 22.2. The first-order chi connectivity index (χ1) is 14.7. The summed E-state index contributed by atoms with van der Waals surface area (Å²) in [6, 6.07) is 1.92. The van der Waals surface area contributed by atoms with E-state index < -0.39 is 5.60 Å². The Morgan fingerprint density at radius 1 is 1.19 bits per heavy atom. The van der Waals surface area contributed by atoms with Crippen molar-refractivity contribution in [2.45, 2.75) is 70.9 Å². The summed E-state index contributed by atoms with van der Waals surface area (Å²) in [5.74, 6) is 2.11. The standard InChI is InChI=1S/C23H36N4O4/c1-15-12-26(13-16-7-9-27(10-8-16)22(29)30-23(2,3)4)14-19(15)24-21(28)18-11-20(31-25-18)17-5-6-17/h11,15-17,19H,5-10,12-14H2,1-4H3,(H,24,28). The molecule has 3 fully saturated rings. The van der Waals surface area contributed by atoms with Gasteiger partial charge in [0.2, 0.25) is 0 Å². The number of carbonyl (C=O) groups excluding carboxylic acids is 2. The van der Waals surface area contributed by atoms with Gasteiger partial charge in [0, 0.05) is 50.7 Å². The number of ether oxygens (including phenoxy) is 1. The average molecular weight is 433 g/mol. The molecule has 3 aliphatic rings. The fourth-order valence-corrected chi connectivity index (χ4v) is 4.59. The number of rotatable bonds is 5. The molecular weight excluding hydrogens is 396 g/mol. The number of carbonyl (C=O) groups is 2. The summed E-state index contributed by atoms with van der Waals surface area (Å²) < 4.78 is 10.8. The average Bonchev–Trinajstić information content (AvgIpc) is 3.32. The molecule has 1 aliphatic carbocycles. The lowest BCUT2D eigenvalue weighted by molar-refractivity contribution is 0.0172. The largest absolute Gasteiger partial charge is 0.444 e. The summed E-state index contributed by atoms with van der Waals surface area (Å²) in [5.41, 5.74) is -0.0631. The van der Waals surface area contributed by atoms with Crippen LogP contribution in [0.4, 0.5) is 4.79 Å². The minimum atomic E-state index is -0.454. The van der Waals surface area contributed by atoms with E-state index in [0.717, 1.165) is 64.2 Å². The van der Waals surface area contributed by atoms with Gasteiger partial charge < -0.3 is 24.4 Å². The number of hydrogen-bond donors (Lipinski definition) is 1. The molecule has 2 unspecified atom stereocenters. The fraction of sp³-hybridized carbons (Fsp3) is 0.783. The second-order valence-electron chi connectivity index (χ2n) is 10.6. The first-order valence-corrected chi connectivity index (χ1v) is 11.7. The Labute approximate surface area is 184 Å². The van der Waals surface area contributed by atoms with Crippen molar-refractivity contribution >= 4 is 12.0 Å². The molecule has 0 radical (unpaired) electrons. The smallest absolute Gasteiger partial charge is 0.410 e.